The van der Waals surface area contributed by atoms with Crippen LogP contribution < -0.4 is 10.7 Å². The van der Waals surface area contributed by atoms with Crippen molar-refractivity contribution in [2.24, 2.45) is 7.05 Å². The second-order valence-electron chi connectivity index (χ2n) is 7.20. The highest BCUT2D eigenvalue weighted by Gasteiger charge is 2.22. The number of nitrogens with one attached hydrogen (secondary N) is 1. The smallest absolute Gasteiger partial charge is 0.254 e. The Balaban J connectivity index is 1.40. The summed E-state index contributed by atoms with van der Waals surface area (Å²) in [7, 11) is 1.80. The zero-order chi connectivity index (χ0) is 19.7. The lowest BCUT2D eigenvalue weighted by Crippen LogP contribution is -2.45. The number of likely N-dealkylation sites (tertiary alicyclic amines) is 1. The fourth-order valence-corrected chi connectivity index (χ4v) is 4.28. The molecule has 1 aliphatic heterocycles. The Bertz CT molecular complexity index is 1070. The molecule has 1 amide bonds. The SMILES string of the molecule is Cn1cc(C(=O)NC2CCN(Cn3ccc(=O)c4cccc(Br)c43)CC2)cn1. The van der Waals surface area contributed by atoms with Gasteiger partial charge in [-0.1, -0.05) is 6.07 Å². The summed E-state index contributed by atoms with van der Waals surface area (Å²) in [4.78, 5) is 26.8. The largest absolute Gasteiger partial charge is 0.349 e. The van der Waals surface area contributed by atoms with Crippen molar-refractivity contribution in [1.29, 1.82) is 0 Å². The van der Waals surface area contributed by atoms with Gasteiger partial charge in [0.2, 0.25) is 0 Å². The van der Waals surface area contributed by atoms with E-state index < -0.39 is 0 Å². The van der Waals surface area contributed by atoms with Crippen LogP contribution in [0.25, 0.3) is 10.9 Å². The average Bonchev–Trinajstić information content (AvgIpc) is 3.12. The van der Waals surface area contributed by atoms with Crippen LogP contribution in [0.15, 0.2) is 52.1 Å². The van der Waals surface area contributed by atoms with Crippen LogP contribution in [0, 0.1) is 0 Å². The fourth-order valence-electron chi connectivity index (χ4n) is 3.69. The van der Waals surface area contributed by atoms with Crippen molar-refractivity contribution >= 4 is 32.7 Å². The summed E-state index contributed by atoms with van der Waals surface area (Å²) < 4.78 is 4.65. The van der Waals surface area contributed by atoms with E-state index in [0.717, 1.165) is 41.3 Å². The van der Waals surface area contributed by atoms with Crippen molar-refractivity contribution in [3.8, 4) is 0 Å². The van der Waals surface area contributed by atoms with Gasteiger partial charge < -0.3 is 9.88 Å². The van der Waals surface area contributed by atoms with Crippen LogP contribution in [-0.4, -0.2) is 44.3 Å². The molecule has 1 aliphatic rings. The van der Waals surface area contributed by atoms with E-state index in [4.69, 9.17) is 0 Å². The summed E-state index contributed by atoms with van der Waals surface area (Å²) in [6.45, 7) is 2.48. The minimum absolute atomic E-state index is 0.0318. The highest BCUT2D eigenvalue weighted by atomic mass is 79.9. The first-order chi connectivity index (χ1) is 13.5. The molecule has 28 heavy (non-hydrogen) atoms. The molecule has 0 saturated carbocycles. The number of fused-ring (bicyclic) bond motifs is 1. The first kappa shape index (κ1) is 18.9. The lowest BCUT2D eigenvalue weighted by molar-refractivity contribution is 0.0900. The van der Waals surface area contributed by atoms with Crippen molar-refractivity contribution in [1.82, 2.24) is 24.6 Å². The molecule has 0 radical (unpaired) electrons. The van der Waals surface area contributed by atoms with Crippen molar-refractivity contribution in [2.45, 2.75) is 25.6 Å². The van der Waals surface area contributed by atoms with Gasteiger partial charge in [0.25, 0.3) is 5.91 Å². The predicted octanol–water partition coefficient (Wildman–Crippen LogP) is 2.35. The number of carbonyl (C=O) groups excluding carboxylic acids is 1. The van der Waals surface area contributed by atoms with Gasteiger partial charge in [0.1, 0.15) is 0 Å². The van der Waals surface area contributed by atoms with Gasteiger partial charge in [-0.2, -0.15) is 5.10 Å². The zero-order valence-corrected chi connectivity index (χ0v) is 17.2. The Labute approximate surface area is 171 Å². The first-order valence-corrected chi connectivity index (χ1v) is 10.1. The number of nitrogens with zero attached hydrogens (tertiary/aromatic N) is 4. The van der Waals surface area contributed by atoms with E-state index in [0.29, 0.717) is 12.2 Å². The number of amides is 1. The number of rotatable bonds is 4. The van der Waals surface area contributed by atoms with Gasteiger partial charge in [0.15, 0.2) is 5.43 Å². The molecule has 3 aromatic rings. The van der Waals surface area contributed by atoms with Gasteiger partial charge in [0.05, 0.1) is 23.9 Å². The van der Waals surface area contributed by atoms with Gasteiger partial charge >= 0.3 is 0 Å². The Morgan fingerprint density at radius 2 is 2.07 bits per heavy atom. The number of piperidine rings is 1. The molecule has 7 nitrogen and oxygen atoms in total. The summed E-state index contributed by atoms with van der Waals surface area (Å²) in [5, 5.41) is 7.87. The van der Waals surface area contributed by atoms with Crippen molar-refractivity contribution < 1.29 is 4.79 Å². The van der Waals surface area contributed by atoms with Crippen molar-refractivity contribution in [2.75, 3.05) is 13.1 Å². The number of carbonyl (C=O) groups is 1. The number of hydrogen-bond donors (Lipinski definition) is 1. The normalized spacial score (nSPS) is 15.8. The highest BCUT2D eigenvalue weighted by molar-refractivity contribution is 9.10. The minimum Gasteiger partial charge on any atom is -0.349 e. The van der Waals surface area contributed by atoms with E-state index >= 15 is 0 Å². The van der Waals surface area contributed by atoms with Crippen LogP contribution in [0.1, 0.15) is 23.2 Å². The summed E-state index contributed by atoms with van der Waals surface area (Å²) in [5.41, 5.74) is 1.54. The third-order valence-electron chi connectivity index (χ3n) is 5.19. The molecule has 8 heteroatoms. The molecular weight excluding hydrogens is 422 g/mol. The summed E-state index contributed by atoms with van der Waals surface area (Å²) in [6, 6.07) is 7.49. The lowest BCUT2D eigenvalue weighted by Gasteiger charge is -2.33. The molecule has 4 rings (SSSR count). The summed E-state index contributed by atoms with van der Waals surface area (Å²) >= 11 is 3.57. The molecular formula is C20H22BrN5O2. The summed E-state index contributed by atoms with van der Waals surface area (Å²) in [6.07, 6.45) is 6.95. The van der Waals surface area contributed by atoms with Crippen molar-refractivity contribution in [3.05, 3.63) is 63.1 Å². The monoisotopic (exact) mass is 443 g/mol. The molecule has 1 fully saturated rings. The minimum atomic E-state index is -0.0677. The van der Waals surface area contributed by atoms with Gasteiger partial charge in [-0.15, -0.1) is 0 Å². The maximum absolute atomic E-state index is 12.3. The molecule has 0 atom stereocenters. The molecule has 146 valence electrons. The second kappa shape index (κ2) is 7.89. The third-order valence-corrected chi connectivity index (χ3v) is 5.83. The van der Waals surface area contributed by atoms with E-state index in [-0.39, 0.29) is 17.4 Å². The van der Waals surface area contributed by atoms with Crippen LogP contribution in [-0.2, 0) is 13.7 Å². The Kier molecular flexibility index (Phi) is 5.32. The number of aromatic nitrogens is 3. The standard InChI is InChI=1S/C20H22BrN5O2/c1-24-12-14(11-22-24)20(28)23-15-5-8-25(9-6-15)13-26-10-7-18(27)16-3-2-4-17(21)19(16)26/h2-4,7,10-12,15H,5-6,8-9,13H2,1H3,(H,23,28). The quantitative estimate of drug-likeness (QED) is 0.671. The van der Waals surface area contributed by atoms with Gasteiger partial charge in [0, 0.05) is 54.5 Å². The Morgan fingerprint density at radius 1 is 1.29 bits per heavy atom. The van der Waals surface area contributed by atoms with Crippen LogP contribution in [0.4, 0.5) is 0 Å². The van der Waals surface area contributed by atoms with Crippen molar-refractivity contribution in [3.63, 3.8) is 0 Å². The van der Waals surface area contributed by atoms with E-state index in [9.17, 15) is 9.59 Å². The predicted molar refractivity (Wildman–Crippen MR) is 111 cm³/mol. The molecule has 0 aliphatic carbocycles. The molecule has 1 aromatic carbocycles. The number of aryl methyl sites for hydroxylation is 1. The Morgan fingerprint density at radius 3 is 2.79 bits per heavy atom. The number of halogens is 1. The fraction of sp³-hybridized carbons (Fsp3) is 0.350. The number of hydrogen-bond acceptors (Lipinski definition) is 4. The van der Waals surface area contributed by atoms with Crippen LogP contribution in [0.3, 0.4) is 0 Å². The molecule has 1 saturated heterocycles. The number of para-hydroxylation sites is 1. The van der Waals surface area contributed by atoms with Gasteiger partial charge in [-0.3, -0.25) is 19.2 Å². The van der Waals surface area contributed by atoms with E-state index in [1.54, 1.807) is 30.2 Å². The molecule has 1 N–H and O–H groups in total. The lowest BCUT2D eigenvalue weighted by atomic mass is 10.1. The molecule has 3 heterocycles. The molecule has 0 spiro atoms. The van der Waals surface area contributed by atoms with Crippen LogP contribution >= 0.6 is 15.9 Å². The van der Waals surface area contributed by atoms with Crippen LogP contribution in [0.2, 0.25) is 0 Å². The van der Waals surface area contributed by atoms with Gasteiger partial charge in [-0.25, -0.2) is 0 Å². The van der Waals surface area contributed by atoms with Gasteiger partial charge in [-0.05, 0) is 40.9 Å². The highest BCUT2D eigenvalue weighted by Crippen LogP contribution is 2.22. The second-order valence-corrected chi connectivity index (χ2v) is 8.05. The van der Waals surface area contributed by atoms with E-state index in [1.165, 1.54) is 0 Å². The van der Waals surface area contributed by atoms with E-state index in [2.05, 4.69) is 35.8 Å². The van der Waals surface area contributed by atoms with E-state index in [1.807, 2.05) is 24.4 Å². The molecule has 0 bridgehead atoms. The third kappa shape index (κ3) is 3.88. The number of benzene rings is 1. The number of pyridine rings is 1. The maximum atomic E-state index is 12.3. The topological polar surface area (TPSA) is 72.2 Å². The first-order valence-electron chi connectivity index (χ1n) is 9.31. The zero-order valence-electron chi connectivity index (χ0n) is 15.6. The summed E-state index contributed by atoms with van der Waals surface area (Å²) in [5.74, 6) is -0.0677. The molecule has 2 aromatic heterocycles. The van der Waals surface area contributed by atoms with Crippen LogP contribution in [0.5, 0.6) is 0 Å². The average molecular weight is 444 g/mol. The molecule has 0 unspecified atom stereocenters. The Hall–Kier alpha value is -2.45. The maximum Gasteiger partial charge on any atom is 0.254 e.